The number of carbonyl (C=O) groups is 2. The molecule has 0 spiro atoms. The van der Waals surface area contributed by atoms with Crippen LogP contribution in [-0.4, -0.2) is 37.2 Å². The Labute approximate surface area is 153 Å². The Hall–Kier alpha value is -3.02. The molecule has 0 aliphatic heterocycles. The lowest BCUT2D eigenvalue weighted by atomic mass is 10.0. The molecule has 1 N–H and O–H groups in total. The second-order valence-electron chi connectivity index (χ2n) is 6.14. The summed E-state index contributed by atoms with van der Waals surface area (Å²) in [6.45, 7) is 3.75. The van der Waals surface area contributed by atoms with Gasteiger partial charge in [-0.3, -0.25) is 4.79 Å². The minimum Gasteiger partial charge on any atom is -0.484 e. The van der Waals surface area contributed by atoms with Crippen molar-refractivity contribution < 1.29 is 24.2 Å². The molecule has 0 atom stereocenters. The Morgan fingerprint density at radius 3 is 1.92 bits per heavy atom. The van der Waals surface area contributed by atoms with Crippen molar-refractivity contribution in [1.29, 1.82) is 0 Å². The van der Waals surface area contributed by atoms with E-state index >= 15 is 0 Å². The second kappa shape index (κ2) is 8.89. The monoisotopic (exact) mass is 357 g/mol. The van der Waals surface area contributed by atoms with Crippen LogP contribution in [0.4, 0.5) is 5.69 Å². The second-order valence-corrected chi connectivity index (χ2v) is 6.14. The molecule has 2 rings (SSSR count). The minimum atomic E-state index is -1.04. The maximum absolute atomic E-state index is 12.3. The lowest BCUT2D eigenvalue weighted by Gasteiger charge is -2.18. The molecule has 2 aromatic rings. The van der Waals surface area contributed by atoms with E-state index in [9.17, 15) is 9.59 Å². The number of hydrogen-bond donors (Lipinski definition) is 1. The van der Waals surface area contributed by atoms with Gasteiger partial charge in [-0.05, 0) is 47.9 Å². The van der Waals surface area contributed by atoms with Gasteiger partial charge >= 0.3 is 5.97 Å². The van der Waals surface area contributed by atoms with Crippen LogP contribution in [0.2, 0.25) is 0 Å². The first kappa shape index (κ1) is 19.3. The maximum Gasteiger partial charge on any atom is 0.341 e. The van der Waals surface area contributed by atoms with Crippen LogP contribution < -0.4 is 14.4 Å². The third-order valence-corrected chi connectivity index (χ3v) is 3.87. The van der Waals surface area contributed by atoms with E-state index in [0.717, 1.165) is 0 Å². The van der Waals surface area contributed by atoms with Crippen molar-refractivity contribution in [3.05, 3.63) is 54.1 Å². The number of aliphatic carboxylic acids is 1. The first-order chi connectivity index (χ1) is 12.4. The number of rotatable bonds is 8. The molecule has 0 aliphatic carbocycles. The summed E-state index contributed by atoms with van der Waals surface area (Å²) in [5.74, 6) is 0.281. The first-order valence-electron chi connectivity index (χ1n) is 8.31. The van der Waals surface area contributed by atoms with Gasteiger partial charge in [-0.2, -0.15) is 0 Å². The van der Waals surface area contributed by atoms with E-state index in [0.29, 0.717) is 23.1 Å². The summed E-state index contributed by atoms with van der Waals surface area (Å²) >= 11 is 0. The van der Waals surface area contributed by atoms with Crippen molar-refractivity contribution in [2.45, 2.75) is 19.8 Å². The molecule has 138 valence electrons. The van der Waals surface area contributed by atoms with Crippen molar-refractivity contribution in [2.75, 3.05) is 25.2 Å². The standard InChI is InChI=1S/C20H23NO5/c1-14(2)15-4-8-17(9-5-15)25-12-19(22)21(3)16-6-10-18(11-7-16)26-13-20(23)24/h4-11,14H,12-13H2,1-3H3,(H,23,24). The van der Waals surface area contributed by atoms with Crippen LogP contribution in [0.3, 0.4) is 0 Å². The molecule has 0 aliphatic rings. The van der Waals surface area contributed by atoms with Crippen molar-refractivity contribution in [3.8, 4) is 11.5 Å². The topological polar surface area (TPSA) is 76.1 Å². The molecule has 2 aromatic carbocycles. The van der Waals surface area contributed by atoms with Gasteiger partial charge in [-0.15, -0.1) is 0 Å². The Kier molecular flexibility index (Phi) is 6.60. The van der Waals surface area contributed by atoms with Gasteiger partial charge < -0.3 is 19.5 Å². The highest BCUT2D eigenvalue weighted by atomic mass is 16.5. The Balaban J connectivity index is 1.89. The first-order valence-corrected chi connectivity index (χ1v) is 8.31. The number of carbonyl (C=O) groups excluding carboxylic acids is 1. The fourth-order valence-electron chi connectivity index (χ4n) is 2.25. The van der Waals surface area contributed by atoms with Crippen LogP contribution in [0.25, 0.3) is 0 Å². The van der Waals surface area contributed by atoms with Gasteiger partial charge in [-0.1, -0.05) is 26.0 Å². The number of likely N-dealkylation sites (N-methyl/N-ethyl adjacent to an activating group) is 1. The summed E-state index contributed by atoms with van der Waals surface area (Å²) < 4.78 is 10.6. The summed E-state index contributed by atoms with van der Waals surface area (Å²) in [6, 6.07) is 14.3. The molecule has 0 saturated carbocycles. The van der Waals surface area contributed by atoms with E-state index in [2.05, 4.69) is 13.8 Å². The number of anilines is 1. The van der Waals surface area contributed by atoms with Gasteiger partial charge in [0.1, 0.15) is 11.5 Å². The minimum absolute atomic E-state index is 0.0746. The van der Waals surface area contributed by atoms with E-state index in [-0.39, 0.29) is 12.5 Å². The number of hydrogen-bond acceptors (Lipinski definition) is 4. The fraction of sp³-hybridized carbons (Fsp3) is 0.300. The van der Waals surface area contributed by atoms with E-state index in [1.165, 1.54) is 10.5 Å². The number of amides is 1. The van der Waals surface area contributed by atoms with Crippen LogP contribution in [-0.2, 0) is 9.59 Å². The summed E-state index contributed by atoms with van der Waals surface area (Å²) in [5, 5.41) is 8.59. The lowest BCUT2D eigenvalue weighted by molar-refractivity contribution is -0.139. The van der Waals surface area contributed by atoms with Gasteiger partial charge in [0, 0.05) is 12.7 Å². The summed E-state index contributed by atoms with van der Waals surface area (Å²) in [7, 11) is 1.65. The fourth-order valence-corrected chi connectivity index (χ4v) is 2.25. The van der Waals surface area contributed by atoms with Gasteiger partial charge in [0.25, 0.3) is 5.91 Å². The van der Waals surface area contributed by atoms with Crippen LogP contribution in [0, 0.1) is 0 Å². The lowest BCUT2D eigenvalue weighted by Crippen LogP contribution is -2.31. The SMILES string of the molecule is CC(C)c1ccc(OCC(=O)N(C)c2ccc(OCC(=O)O)cc2)cc1. The van der Waals surface area contributed by atoms with Gasteiger partial charge in [0.05, 0.1) is 0 Å². The molecular weight excluding hydrogens is 334 g/mol. The maximum atomic E-state index is 12.3. The molecule has 0 fully saturated rings. The van der Waals surface area contributed by atoms with Gasteiger partial charge in [-0.25, -0.2) is 4.79 Å². The highest BCUT2D eigenvalue weighted by molar-refractivity contribution is 5.93. The molecular formula is C20H23NO5. The highest BCUT2D eigenvalue weighted by Gasteiger charge is 2.12. The third-order valence-electron chi connectivity index (χ3n) is 3.87. The van der Waals surface area contributed by atoms with Crippen LogP contribution in [0.1, 0.15) is 25.3 Å². The van der Waals surface area contributed by atoms with Gasteiger partial charge in [0.15, 0.2) is 13.2 Å². The molecule has 6 nitrogen and oxygen atoms in total. The molecule has 0 unspecified atom stereocenters. The molecule has 0 aromatic heterocycles. The van der Waals surface area contributed by atoms with Gasteiger partial charge in [0.2, 0.25) is 0 Å². The Morgan fingerprint density at radius 1 is 0.923 bits per heavy atom. The molecule has 0 bridgehead atoms. The van der Waals surface area contributed by atoms with E-state index in [1.807, 2.05) is 24.3 Å². The average Bonchev–Trinajstić information content (AvgIpc) is 2.64. The molecule has 0 saturated heterocycles. The van der Waals surface area contributed by atoms with E-state index < -0.39 is 12.6 Å². The van der Waals surface area contributed by atoms with Crippen LogP contribution in [0.15, 0.2) is 48.5 Å². The number of benzene rings is 2. The largest absolute Gasteiger partial charge is 0.484 e. The average molecular weight is 357 g/mol. The van der Waals surface area contributed by atoms with Crippen LogP contribution in [0.5, 0.6) is 11.5 Å². The zero-order valence-electron chi connectivity index (χ0n) is 15.1. The predicted octanol–water partition coefficient (Wildman–Crippen LogP) is 3.32. The van der Waals surface area contributed by atoms with Crippen molar-refractivity contribution in [3.63, 3.8) is 0 Å². The molecule has 26 heavy (non-hydrogen) atoms. The number of nitrogens with zero attached hydrogens (tertiary/aromatic N) is 1. The highest BCUT2D eigenvalue weighted by Crippen LogP contribution is 2.20. The van der Waals surface area contributed by atoms with Crippen LogP contribution >= 0.6 is 0 Å². The number of carboxylic acid groups (broad SMARTS) is 1. The zero-order valence-corrected chi connectivity index (χ0v) is 15.1. The van der Waals surface area contributed by atoms with E-state index in [1.54, 1.807) is 31.3 Å². The number of carboxylic acids is 1. The summed E-state index contributed by atoms with van der Waals surface area (Å²) in [5.41, 5.74) is 1.88. The third kappa shape index (κ3) is 5.51. The van der Waals surface area contributed by atoms with Crippen molar-refractivity contribution in [2.24, 2.45) is 0 Å². The molecule has 6 heteroatoms. The summed E-state index contributed by atoms with van der Waals surface area (Å²) in [6.07, 6.45) is 0. The van der Waals surface area contributed by atoms with Crippen molar-refractivity contribution >= 4 is 17.6 Å². The zero-order chi connectivity index (χ0) is 19.1. The summed E-state index contributed by atoms with van der Waals surface area (Å²) in [4.78, 5) is 24.2. The Morgan fingerprint density at radius 2 is 1.42 bits per heavy atom. The molecule has 0 radical (unpaired) electrons. The predicted molar refractivity (Wildman–Crippen MR) is 99.0 cm³/mol. The molecule has 1 amide bonds. The van der Waals surface area contributed by atoms with E-state index in [4.69, 9.17) is 14.6 Å². The normalized spacial score (nSPS) is 10.5. The quantitative estimate of drug-likeness (QED) is 0.784. The molecule has 0 heterocycles. The Bertz CT molecular complexity index is 738. The smallest absolute Gasteiger partial charge is 0.341 e. The van der Waals surface area contributed by atoms with Crippen molar-refractivity contribution in [1.82, 2.24) is 0 Å². The number of ether oxygens (including phenoxy) is 2.